The van der Waals surface area contributed by atoms with Gasteiger partial charge < -0.3 is 0 Å². The van der Waals surface area contributed by atoms with E-state index < -0.39 is 0 Å². The van der Waals surface area contributed by atoms with Crippen LogP contribution in [0.15, 0.2) is 18.2 Å². The lowest BCUT2D eigenvalue weighted by Crippen LogP contribution is -2.24. The van der Waals surface area contributed by atoms with Crippen LogP contribution in [0.5, 0.6) is 0 Å². The van der Waals surface area contributed by atoms with Crippen LogP contribution in [-0.4, -0.2) is 10.8 Å². The van der Waals surface area contributed by atoms with Gasteiger partial charge in [-0.05, 0) is 25.0 Å². The predicted octanol–water partition coefficient (Wildman–Crippen LogP) is 3.36. The molecule has 0 bridgehead atoms. The molecular weight excluding hydrogens is 198 g/mol. The molecule has 1 aliphatic rings. The number of ketones is 1. The van der Waals surface area contributed by atoms with Gasteiger partial charge in [-0.25, -0.2) is 4.98 Å². The highest BCUT2D eigenvalue weighted by Gasteiger charge is 2.27. The summed E-state index contributed by atoms with van der Waals surface area (Å²) in [4.78, 5) is 16.5. The monoisotopic (exact) mass is 217 g/mol. The second-order valence-electron chi connectivity index (χ2n) is 5.65. The van der Waals surface area contributed by atoms with Gasteiger partial charge in [0.2, 0.25) is 0 Å². The summed E-state index contributed by atoms with van der Waals surface area (Å²) >= 11 is 0. The van der Waals surface area contributed by atoms with E-state index in [1.165, 1.54) is 6.42 Å². The van der Waals surface area contributed by atoms with Crippen LogP contribution in [-0.2, 0) is 5.41 Å². The minimum absolute atomic E-state index is 0.00982. The number of rotatable bonds is 2. The molecule has 0 aliphatic heterocycles. The van der Waals surface area contributed by atoms with Crippen molar-refractivity contribution in [3.8, 4) is 0 Å². The van der Waals surface area contributed by atoms with Gasteiger partial charge in [-0.15, -0.1) is 0 Å². The van der Waals surface area contributed by atoms with Crippen molar-refractivity contribution >= 4 is 5.78 Å². The lowest BCUT2D eigenvalue weighted by atomic mass is 9.81. The minimum Gasteiger partial charge on any atom is -0.292 e. The number of hydrogen-bond donors (Lipinski definition) is 0. The maximum Gasteiger partial charge on any atom is 0.184 e. The molecule has 2 nitrogen and oxygen atoms in total. The lowest BCUT2D eigenvalue weighted by molar-refractivity contribution is 0.0849. The molecule has 0 atom stereocenters. The zero-order valence-corrected chi connectivity index (χ0v) is 10.3. The molecule has 2 heteroatoms. The second-order valence-corrected chi connectivity index (χ2v) is 5.65. The average molecular weight is 217 g/mol. The first-order valence-electron chi connectivity index (χ1n) is 6.00. The van der Waals surface area contributed by atoms with E-state index in [2.05, 4.69) is 25.8 Å². The maximum atomic E-state index is 12.0. The first-order valence-corrected chi connectivity index (χ1v) is 6.00. The van der Waals surface area contributed by atoms with Gasteiger partial charge in [0.25, 0.3) is 0 Å². The van der Waals surface area contributed by atoms with E-state index in [-0.39, 0.29) is 17.1 Å². The van der Waals surface area contributed by atoms with Crippen LogP contribution in [0, 0.1) is 5.92 Å². The van der Waals surface area contributed by atoms with Crippen molar-refractivity contribution in [2.45, 2.75) is 45.4 Å². The maximum absolute atomic E-state index is 12.0. The van der Waals surface area contributed by atoms with Crippen molar-refractivity contribution in [2.75, 3.05) is 0 Å². The van der Waals surface area contributed by atoms with Gasteiger partial charge >= 0.3 is 0 Å². The van der Waals surface area contributed by atoms with E-state index in [1.807, 2.05) is 18.2 Å². The Morgan fingerprint density at radius 1 is 1.31 bits per heavy atom. The highest BCUT2D eigenvalue weighted by atomic mass is 16.1. The smallest absolute Gasteiger partial charge is 0.184 e. The third-order valence-corrected chi connectivity index (χ3v) is 3.25. The van der Waals surface area contributed by atoms with Gasteiger partial charge in [-0.2, -0.15) is 0 Å². The van der Waals surface area contributed by atoms with Crippen LogP contribution in [0.25, 0.3) is 0 Å². The highest BCUT2D eigenvalue weighted by molar-refractivity contribution is 5.96. The van der Waals surface area contributed by atoms with E-state index >= 15 is 0 Å². The zero-order chi connectivity index (χ0) is 11.8. The Bertz CT molecular complexity index is 399. The average Bonchev–Trinajstić information content (AvgIpc) is 2.14. The van der Waals surface area contributed by atoms with Crippen molar-refractivity contribution in [3.05, 3.63) is 29.6 Å². The van der Waals surface area contributed by atoms with Crippen molar-refractivity contribution in [1.82, 2.24) is 4.98 Å². The molecule has 0 saturated heterocycles. The largest absolute Gasteiger partial charge is 0.292 e. The van der Waals surface area contributed by atoms with Gasteiger partial charge in [0.05, 0.1) is 0 Å². The summed E-state index contributed by atoms with van der Waals surface area (Å²) in [6, 6.07) is 5.78. The molecule has 1 saturated carbocycles. The quantitative estimate of drug-likeness (QED) is 0.711. The molecule has 1 fully saturated rings. The molecule has 0 aromatic carbocycles. The van der Waals surface area contributed by atoms with E-state index in [1.54, 1.807) is 0 Å². The van der Waals surface area contributed by atoms with Gasteiger partial charge in [-0.1, -0.05) is 33.3 Å². The van der Waals surface area contributed by atoms with Crippen LogP contribution in [0.3, 0.4) is 0 Å². The molecule has 1 heterocycles. The molecule has 0 unspecified atom stereocenters. The summed E-state index contributed by atoms with van der Waals surface area (Å²) in [6.07, 6.45) is 3.27. The predicted molar refractivity (Wildman–Crippen MR) is 64.6 cm³/mol. The summed E-state index contributed by atoms with van der Waals surface area (Å²) in [7, 11) is 0. The van der Waals surface area contributed by atoms with E-state index in [0.717, 1.165) is 18.5 Å². The fourth-order valence-electron chi connectivity index (χ4n) is 1.87. The Labute approximate surface area is 97.1 Å². The molecule has 86 valence electrons. The second kappa shape index (κ2) is 4.00. The van der Waals surface area contributed by atoms with Crippen molar-refractivity contribution in [3.63, 3.8) is 0 Å². The molecule has 1 aliphatic carbocycles. The number of hydrogen-bond acceptors (Lipinski definition) is 2. The van der Waals surface area contributed by atoms with Crippen molar-refractivity contribution < 1.29 is 4.79 Å². The standard InChI is InChI=1S/C14H19NO/c1-14(2,3)12-9-5-8-11(15-12)13(16)10-6-4-7-10/h5,8-10H,4,6-7H2,1-3H3. The third kappa shape index (κ3) is 2.16. The molecule has 0 radical (unpaired) electrons. The number of aromatic nitrogens is 1. The van der Waals surface area contributed by atoms with Crippen LogP contribution in [0.4, 0.5) is 0 Å². The van der Waals surface area contributed by atoms with Crippen LogP contribution >= 0.6 is 0 Å². The Morgan fingerprint density at radius 2 is 2.00 bits per heavy atom. The van der Waals surface area contributed by atoms with Crippen molar-refractivity contribution in [1.29, 1.82) is 0 Å². The Morgan fingerprint density at radius 3 is 2.50 bits per heavy atom. The Kier molecular flexibility index (Phi) is 2.83. The van der Waals surface area contributed by atoms with E-state index in [0.29, 0.717) is 5.69 Å². The lowest BCUT2D eigenvalue weighted by Gasteiger charge is -2.24. The number of carbonyl (C=O) groups is 1. The van der Waals surface area contributed by atoms with Gasteiger partial charge in [-0.3, -0.25) is 4.79 Å². The summed E-state index contributed by atoms with van der Waals surface area (Å²) in [6.45, 7) is 6.35. The van der Waals surface area contributed by atoms with Crippen LogP contribution < -0.4 is 0 Å². The number of nitrogens with zero attached hydrogens (tertiary/aromatic N) is 1. The van der Waals surface area contributed by atoms with Crippen LogP contribution in [0.2, 0.25) is 0 Å². The number of Topliss-reactive ketones (excluding diaryl/α,β-unsaturated/α-hetero) is 1. The van der Waals surface area contributed by atoms with Gasteiger partial charge in [0.15, 0.2) is 5.78 Å². The summed E-state index contributed by atoms with van der Waals surface area (Å²) in [5.74, 6) is 0.472. The summed E-state index contributed by atoms with van der Waals surface area (Å²) in [5, 5.41) is 0. The Balaban J connectivity index is 2.25. The molecule has 0 amide bonds. The van der Waals surface area contributed by atoms with Crippen molar-refractivity contribution in [2.24, 2.45) is 5.92 Å². The first-order chi connectivity index (χ1) is 7.48. The zero-order valence-electron chi connectivity index (χ0n) is 10.3. The van der Waals surface area contributed by atoms with Crippen LogP contribution in [0.1, 0.15) is 56.2 Å². The summed E-state index contributed by atoms with van der Waals surface area (Å²) in [5.41, 5.74) is 1.66. The highest BCUT2D eigenvalue weighted by Crippen LogP contribution is 2.30. The van der Waals surface area contributed by atoms with E-state index in [4.69, 9.17) is 0 Å². The molecule has 16 heavy (non-hydrogen) atoms. The Hall–Kier alpha value is -1.18. The fraction of sp³-hybridized carbons (Fsp3) is 0.571. The minimum atomic E-state index is 0.00982. The van der Waals surface area contributed by atoms with Gasteiger partial charge in [0.1, 0.15) is 5.69 Å². The SMILES string of the molecule is CC(C)(C)c1cccc(C(=O)C2CCC2)n1. The van der Waals surface area contributed by atoms with E-state index in [9.17, 15) is 4.79 Å². The number of pyridine rings is 1. The molecule has 1 aromatic rings. The topological polar surface area (TPSA) is 30.0 Å². The third-order valence-electron chi connectivity index (χ3n) is 3.25. The molecular formula is C14H19NO. The molecule has 1 aromatic heterocycles. The van der Waals surface area contributed by atoms with Gasteiger partial charge in [0, 0.05) is 17.0 Å². The molecule has 0 N–H and O–H groups in total. The summed E-state index contributed by atoms with van der Waals surface area (Å²) < 4.78 is 0. The number of carbonyl (C=O) groups excluding carboxylic acids is 1. The first kappa shape index (κ1) is 11.3. The fourth-order valence-corrected chi connectivity index (χ4v) is 1.87. The molecule has 0 spiro atoms. The normalized spacial score (nSPS) is 16.9. The molecule has 2 rings (SSSR count).